The average Bonchev–Trinajstić information content (AvgIpc) is 2.32. The van der Waals surface area contributed by atoms with E-state index in [9.17, 15) is 9.59 Å². The Morgan fingerprint density at radius 2 is 1.75 bits per heavy atom. The van der Waals surface area contributed by atoms with Crippen LogP contribution in [0.4, 0.5) is 5.69 Å². The van der Waals surface area contributed by atoms with Crippen molar-refractivity contribution in [2.45, 2.75) is 5.38 Å². The van der Waals surface area contributed by atoms with Crippen LogP contribution in [0.15, 0.2) is 41.6 Å². The fourth-order valence-electron chi connectivity index (χ4n) is 1.39. The first-order valence-electron chi connectivity index (χ1n) is 4.55. The van der Waals surface area contributed by atoms with Crippen molar-refractivity contribution in [1.29, 1.82) is 0 Å². The third-order valence-electron chi connectivity index (χ3n) is 2.20. The van der Waals surface area contributed by atoms with Crippen LogP contribution in [-0.4, -0.2) is 17.1 Å². The zero-order valence-corrected chi connectivity index (χ0v) is 9.57. The molecule has 0 saturated heterocycles. The molecule has 0 N–H and O–H groups in total. The highest BCUT2D eigenvalue weighted by Gasteiger charge is 2.35. The smallest absolute Gasteiger partial charge is 0.257 e. The van der Waals surface area contributed by atoms with E-state index in [0.717, 1.165) is 0 Å². The summed E-state index contributed by atoms with van der Waals surface area (Å²) in [6.45, 7) is 0. The van der Waals surface area contributed by atoms with Gasteiger partial charge in [0.1, 0.15) is 5.03 Å². The van der Waals surface area contributed by atoms with Crippen molar-refractivity contribution in [1.82, 2.24) is 0 Å². The van der Waals surface area contributed by atoms with E-state index in [2.05, 4.69) is 0 Å². The van der Waals surface area contributed by atoms with Crippen molar-refractivity contribution >= 4 is 40.6 Å². The SMILES string of the molecule is O=C1C(Cl)=CN(c2ccccc2)C(=O)C1Cl. The maximum absolute atomic E-state index is 11.8. The van der Waals surface area contributed by atoms with Gasteiger partial charge < -0.3 is 0 Å². The van der Waals surface area contributed by atoms with Crippen molar-refractivity contribution in [2.24, 2.45) is 0 Å². The summed E-state index contributed by atoms with van der Waals surface area (Å²) in [6, 6.07) is 8.86. The van der Waals surface area contributed by atoms with Crippen LogP contribution in [-0.2, 0) is 9.59 Å². The molecule has 1 aliphatic heterocycles. The van der Waals surface area contributed by atoms with Gasteiger partial charge in [-0.05, 0) is 12.1 Å². The van der Waals surface area contributed by atoms with Crippen LogP contribution in [0.5, 0.6) is 0 Å². The minimum Gasteiger partial charge on any atom is -0.291 e. The van der Waals surface area contributed by atoms with E-state index in [0.29, 0.717) is 5.69 Å². The fraction of sp³-hybridized carbons (Fsp3) is 0.0909. The lowest BCUT2D eigenvalue weighted by Crippen LogP contribution is -2.41. The second kappa shape index (κ2) is 4.28. The maximum atomic E-state index is 11.8. The molecule has 1 atom stereocenters. The van der Waals surface area contributed by atoms with E-state index in [-0.39, 0.29) is 5.03 Å². The summed E-state index contributed by atoms with van der Waals surface area (Å²) in [6.07, 6.45) is 1.29. The van der Waals surface area contributed by atoms with E-state index < -0.39 is 17.1 Å². The maximum Gasteiger partial charge on any atom is 0.257 e. The molecule has 0 radical (unpaired) electrons. The fourth-order valence-corrected chi connectivity index (χ4v) is 1.87. The molecule has 3 nitrogen and oxygen atoms in total. The first-order chi connectivity index (χ1) is 7.61. The van der Waals surface area contributed by atoms with Gasteiger partial charge in [0.25, 0.3) is 5.91 Å². The number of rotatable bonds is 1. The Morgan fingerprint density at radius 1 is 1.12 bits per heavy atom. The van der Waals surface area contributed by atoms with E-state index in [1.165, 1.54) is 11.1 Å². The van der Waals surface area contributed by atoms with E-state index in [1.807, 2.05) is 6.07 Å². The zero-order valence-electron chi connectivity index (χ0n) is 8.06. The molecule has 1 aliphatic rings. The highest BCUT2D eigenvalue weighted by molar-refractivity contribution is 6.55. The van der Waals surface area contributed by atoms with Gasteiger partial charge in [-0.1, -0.05) is 29.8 Å². The number of amides is 1. The number of alkyl halides is 1. The Hall–Kier alpha value is -1.32. The van der Waals surface area contributed by atoms with Crippen LogP contribution < -0.4 is 4.90 Å². The molecule has 1 heterocycles. The standard InChI is InChI=1S/C11H7Cl2NO2/c12-8-6-14(7-4-2-1-3-5-7)11(16)9(13)10(8)15/h1-6,9H. The number of carbonyl (C=O) groups is 2. The van der Waals surface area contributed by atoms with Crippen LogP contribution in [0, 0.1) is 0 Å². The van der Waals surface area contributed by atoms with Gasteiger partial charge in [0.15, 0.2) is 5.38 Å². The lowest BCUT2D eigenvalue weighted by Gasteiger charge is -2.25. The topological polar surface area (TPSA) is 37.4 Å². The predicted molar refractivity (Wildman–Crippen MR) is 62.5 cm³/mol. The van der Waals surface area contributed by atoms with Crippen molar-refractivity contribution in [2.75, 3.05) is 4.90 Å². The zero-order chi connectivity index (χ0) is 11.7. The number of halogens is 2. The van der Waals surface area contributed by atoms with E-state index >= 15 is 0 Å². The van der Waals surface area contributed by atoms with Crippen LogP contribution in [0.3, 0.4) is 0 Å². The average molecular weight is 256 g/mol. The molecular weight excluding hydrogens is 249 g/mol. The summed E-state index contributed by atoms with van der Waals surface area (Å²) in [4.78, 5) is 24.4. The van der Waals surface area contributed by atoms with Crippen LogP contribution in [0.1, 0.15) is 0 Å². The van der Waals surface area contributed by atoms with E-state index in [1.54, 1.807) is 24.3 Å². The third kappa shape index (κ3) is 1.84. The van der Waals surface area contributed by atoms with Crippen LogP contribution in [0.2, 0.25) is 0 Å². The molecule has 82 valence electrons. The Morgan fingerprint density at radius 3 is 2.38 bits per heavy atom. The Kier molecular flexibility index (Phi) is 2.99. The number of ketones is 1. The number of anilines is 1. The summed E-state index contributed by atoms with van der Waals surface area (Å²) in [5.74, 6) is -1.04. The molecule has 0 saturated carbocycles. The highest BCUT2D eigenvalue weighted by Crippen LogP contribution is 2.25. The first kappa shape index (κ1) is 11.2. The minimum absolute atomic E-state index is 0.0385. The molecule has 0 spiro atoms. The van der Waals surface area contributed by atoms with Gasteiger partial charge in [-0.15, -0.1) is 11.6 Å². The summed E-state index contributed by atoms with van der Waals surface area (Å²) in [5.41, 5.74) is 0.629. The Balaban J connectivity index is 2.43. The van der Waals surface area contributed by atoms with Gasteiger partial charge in [-0.2, -0.15) is 0 Å². The molecule has 0 fully saturated rings. The number of allylic oxidation sites excluding steroid dienone is 1. The number of benzene rings is 1. The molecule has 5 heteroatoms. The Bertz CT molecular complexity index is 470. The monoisotopic (exact) mass is 255 g/mol. The molecule has 1 aromatic rings. The second-order valence-corrected chi connectivity index (χ2v) is 4.09. The van der Waals surface area contributed by atoms with Gasteiger partial charge in [0, 0.05) is 11.9 Å². The van der Waals surface area contributed by atoms with Gasteiger partial charge in [0.2, 0.25) is 5.78 Å². The van der Waals surface area contributed by atoms with Gasteiger partial charge in [-0.25, -0.2) is 0 Å². The van der Waals surface area contributed by atoms with Gasteiger partial charge in [-0.3, -0.25) is 14.5 Å². The largest absolute Gasteiger partial charge is 0.291 e. The number of para-hydroxylation sites is 1. The number of nitrogens with zero attached hydrogens (tertiary/aromatic N) is 1. The molecular formula is C11H7Cl2NO2. The van der Waals surface area contributed by atoms with Crippen molar-refractivity contribution in [3.8, 4) is 0 Å². The van der Waals surface area contributed by atoms with Gasteiger partial charge >= 0.3 is 0 Å². The Labute approximate surface area is 102 Å². The summed E-state index contributed by atoms with van der Waals surface area (Å²) in [7, 11) is 0. The van der Waals surface area contributed by atoms with E-state index in [4.69, 9.17) is 23.2 Å². The lowest BCUT2D eigenvalue weighted by atomic mass is 10.1. The summed E-state index contributed by atoms with van der Waals surface area (Å²) >= 11 is 11.4. The molecule has 0 aliphatic carbocycles. The van der Waals surface area contributed by atoms with Crippen molar-refractivity contribution in [3.63, 3.8) is 0 Å². The third-order valence-corrected chi connectivity index (χ3v) is 2.87. The van der Waals surface area contributed by atoms with Crippen molar-refractivity contribution in [3.05, 3.63) is 41.6 Å². The normalized spacial score (nSPS) is 21.0. The molecule has 1 aromatic carbocycles. The quantitative estimate of drug-likeness (QED) is 0.571. The molecule has 1 amide bonds. The number of carbonyl (C=O) groups excluding carboxylic acids is 2. The second-order valence-electron chi connectivity index (χ2n) is 3.25. The predicted octanol–water partition coefficient (Wildman–Crippen LogP) is 2.29. The highest BCUT2D eigenvalue weighted by atomic mass is 35.5. The minimum atomic E-state index is -1.24. The molecule has 0 aromatic heterocycles. The molecule has 1 unspecified atom stereocenters. The van der Waals surface area contributed by atoms with Crippen LogP contribution >= 0.6 is 23.2 Å². The molecule has 0 bridgehead atoms. The number of Topliss-reactive ketones (excluding diaryl/α,β-unsaturated/α-hetero) is 1. The van der Waals surface area contributed by atoms with Crippen LogP contribution in [0.25, 0.3) is 0 Å². The van der Waals surface area contributed by atoms with Crippen molar-refractivity contribution < 1.29 is 9.59 Å². The number of hydrogen-bond donors (Lipinski definition) is 0. The summed E-state index contributed by atoms with van der Waals surface area (Å²) < 4.78 is 0. The number of hydrogen-bond acceptors (Lipinski definition) is 2. The first-order valence-corrected chi connectivity index (χ1v) is 5.36. The van der Waals surface area contributed by atoms with Gasteiger partial charge in [0.05, 0.1) is 0 Å². The summed E-state index contributed by atoms with van der Waals surface area (Å²) in [5, 5.41) is -1.28. The molecule has 2 rings (SSSR count). The molecule has 16 heavy (non-hydrogen) atoms. The lowest BCUT2D eigenvalue weighted by molar-refractivity contribution is -0.124.